The van der Waals surface area contributed by atoms with Crippen molar-refractivity contribution in [3.05, 3.63) is 63.2 Å². The summed E-state index contributed by atoms with van der Waals surface area (Å²) in [7, 11) is 0. The fraction of sp³-hybridized carbons (Fsp3) is 0.263. The van der Waals surface area contributed by atoms with Crippen molar-refractivity contribution in [3.8, 4) is 5.75 Å². The highest BCUT2D eigenvalue weighted by atomic mass is 16.6. The molecule has 0 spiro atoms. The zero-order chi connectivity index (χ0) is 20.0. The number of esters is 1. The first kappa shape index (κ1) is 19.9. The molecule has 2 aromatic rings. The van der Waals surface area contributed by atoms with E-state index in [0.717, 1.165) is 17.2 Å². The lowest BCUT2D eigenvalue weighted by molar-refractivity contribution is -0.385. The van der Waals surface area contributed by atoms with Gasteiger partial charge in [0.25, 0.3) is 5.91 Å². The monoisotopic (exact) mass is 372 g/mol. The summed E-state index contributed by atoms with van der Waals surface area (Å²) in [5.74, 6) is -1.28. The lowest BCUT2D eigenvalue weighted by Crippen LogP contribution is -2.21. The average Bonchev–Trinajstić information content (AvgIpc) is 2.63. The molecule has 0 aromatic heterocycles. The lowest BCUT2D eigenvalue weighted by atomic mass is 10.1. The number of nitrogens with zero attached hydrogens (tertiary/aromatic N) is 1. The Hall–Kier alpha value is -3.42. The van der Waals surface area contributed by atoms with Gasteiger partial charge in [-0.3, -0.25) is 14.9 Å². The largest absolute Gasteiger partial charge is 0.487 e. The van der Waals surface area contributed by atoms with Crippen molar-refractivity contribution in [1.29, 1.82) is 0 Å². The molecule has 0 fully saturated rings. The number of nitrogens with one attached hydrogen (secondary N) is 1. The molecular formula is C19H20N2O6. The predicted molar refractivity (Wildman–Crippen MR) is 99.1 cm³/mol. The van der Waals surface area contributed by atoms with E-state index in [1.807, 2.05) is 32.0 Å². The van der Waals surface area contributed by atoms with E-state index in [1.165, 1.54) is 12.1 Å². The number of nitro benzene ring substituents is 1. The first-order chi connectivity index (χ1) is 12.8. The van der Waals surface area contributed by atoms with Gasteiger partial charge in [0.2, 0.25) is 0 Å². The standard InChI is InChI=1S/C19H20N2O6/c1-4-26-17-8-7-14(10-16(17)21(24)25)19(23)27-11-18(22)20-15-9-12(2)5-6-13(15)3/h5-10H,4,11H2,1-3H3,(H,20,22). The van der Waals surface area contributed by atoms with E-state index >= 15 is 0 Å². The molecule has 142 valence electrons. The van der Waals surface area contributed by atoms with E-state index in [0.29, 0.717) is 5.69 Å². The molecule has 0 aliphatic heterocycles. The third-order valence-electron chi connectivity index (χ3n) is 3.69. The Morgan fingerprint density at radius 2 is 1.89 bits per heavy atom. The molecule has 1 N–H and O–H groups in total. The van der Waals surface area contributed by atoms with E-state index in [4.69, 9.17) is 9.47 Å². The molecule has 2 aromatic carbocycles. The van der Waals surface area contributed by atoms with Crippen LogP contribution in [0.4, 0.5) is 11.4 Å². The maximum absolute atomic E-state index is 12.1. The Kier molecular flexibility index (Phi) is 6.48. The highest BCUT2D eigenvalue weighted by Gasteiger charge is 2.20. The van der Waals surface area contributed by atoms with Gasteiger partial charge in [0.15, 0.2) is 12.4 Å². The molecule has 0 bridgehead atoms. The van der Waals surface area contributed by atoms with Crippen LogP contribution < -0.4 is 10.1 Å². The second-order valence-electron chi connectivity index (χ2n) is 5.82. The van der Waals surface area contributed by atoms with Gasteiger partial charge in [0.05, 0.1) is 17.1 Å². The van der Waals surface area contributed by atoms with Crippen molar-refractivity contribution >= 4 is 23.3 Å². The van der Waals surface area contributed by atoms with Crippen molar-refractivity contribution < 1.29 is 24.0 Å². The van der Waals surface area contributed by atoms with Crippen molar-refractivity contribution in [1.82, 2.24) is 0 Å². The Morgan fingerprint density at radius 1 is 1.15 bits per heavy atom. The van der Waals surface area contributed by atoms with Crippen LogP contribution in [0.2, 0.25) is 0 Å². The number of aryl methyl sites for hydroxylation is 2. The van der Waals surface area contributed by atoms with Crippen LogP contribution in [0.3, 0.4) is 0 Å². The Morgan fingerprint density at radius 3 is 2.56 bits per heavy atom. The lowest BCUT2D eigenvalue weighted by Gasteiger charge is -2.10. The SMILES string of the molecule is CCOc1ccc(C(=O)OCC(=O)Nc2cc(C)ccc2C)cc1[N+](=O)[O-]. The second kappa shape index (κ2) is 8.79. The van der Waals surface area contributed by atoms with Gasteiger partial charge in [0, 0.05) is 11.8 Å². The van der Waals surface area contributed by atoms with E-state index in [-0.39, 0.29) is 23.6 Å². The molecule has 2 rings (SSSR count). The number of carbonyl (C=O) groups is 2. The number of anilines is 1. The smallest absolute Gasteiger partial charge is 0.338 e. The summed E-state index contributed by atoms with van der Waals surface area (Å²) >= 11 is 0. The van der Waals surface area contributed by atoms with Crippen LogP contribution in [0.25, 0.3) is 0 Å². The van der Waals surface area contributed by atoms with E-state index < -0.39 is 23.4 Å². The third-order valence-corrected chi connectivity index (χ3v) is 3.69. The molecule has 0 aliphatic carbocycles. The fourth-order valence-electron chi connectivity index (χ4n) is 2.34. The first-order valence-corrected chi connectivity index (χ1v) is 8.27. The minimum atomic E-state index is -0.836. The zero-order valence-corrected chi connectivity index (χ0v) is 15.3. The number of hydrogen-bond acceptors (Lipinski definition) is 6. The predicted octanol–water partition coefficient (Wildman–Crippen LogP) is 3.41. The third kappa shape index (κ3) is 5.27. The van der Waals surface area contributed by atoms with E-state index in [2.05, 4.69) is 5.32 Å². The Labute approximate surface area is 156 Å². The molecule has 0 saturated carbocycles. The summed E-state index contributed by atoms with van der Waals surface area (Å²) in [5.41, 5.74) is 2.11. The summed E-state index contributed by atoms with van der Waals surface area (Å²) in [5, 5.41) is 13.8. The highest BCUT2D eigenvalue weighted by molar-refractivity contribution is 5.96. The van der Waals surface area contributed by atoms with Crippen molar-refractivity contribution in [2.45, 2.75) is 20.8 Å². The molecular weight excluding hydrogens is 352 g/mol. The number of benzene rings is 2. The highest BCUT2D eigenvalue weighted by Crippen LogP contribution is 2.28. The van der Waals surface area contributed by atoms with Gasteiger partial charge >= 0.3 is 11.7 Å². The topological polar surface area (TPSA) is 108 Å². The minimum absolute atomic E-state index is 0.0373. The summed E-state index contributed by atoms with van der Waals surface area (Å²) < 4.78 is 10.1. The summed E-state index contributed by atoms with van der Waals surface area (Å²) in [6.45, 7) is 5.19. The van der Waals surface area contributed by atoms with Crippen LogP contribution >= 0.6 is 0 Å². The molecule has 0 radical (unpaired) electrons. The van der Waals surface area contributed by atoms with E-state index in [9.17, 15) is 19.7 Å². The van der Waals surface area contributed by atoms with Crippen LogP contribution in [0, 0.1) is 24.0 Å². The summed E-state index contributed by atoms with van der Waals surface area (Å²) in [6.07, 6.45) is 0. The van der Waals surface area contributed by atoms with E-state index in [1.54, 1.807) is 6.92 Å². The second-order valence-corrected chi connectivity index (χ2v) is 5.82. The fourth-order valence-corrected chi connectivity index (χ4v) is 2.34. The molecule has 0 heterocycles. The molecule has 8 nitrogen and oxygen atoms in total. The van der Waals surface area contributed by atoms with Crippen LogP contribution in [-0.2, 0) is 9.53 Å². The van der Waals surface area contributed by atoms with Crippen molar-refractivity contribution in [2.75, 3.05) is 18.5 Å². The number of nitro groups is 1. The molecule has 0 aliphatic rings. The molecule has 1 amide bonds. The molecule has 0 unspecified atom stereocenters. The number of rotatable bonds is 7. The quantitative estimate of drug-likeness (QED) is 0.453. The normalized spacial score (nSPS) is 10.2. The van der Waals surface area contributed by atoms with Crippen LogP contribution in [-0.4, -0.2) is 30.0 Å². The van der Waals surface area contributed by atoms with Gasteiger partial charge < -0.3 is 14.8 Å². The van der Waals surface area contributed by atoms with Gasteiger partial charge in [-0.2, -0.15) is 0 Å². The number of ether oxygens (including phenoxy) is 2. The molecule has 0 saturated heterocycles. The zero-order valence-electron chi connectivity index (χ0n) is 15.3. The van der Waals surface area contributed by atoms with Gasteiger partial charge in [-0.25, -0.2) is 4.79 Å². The number of carbonyl (C=O) groups excluding carboxylic acids is 2. The number of amides is 1. The summed E-state index contributed by atoms with van der Waals surface area (Å²) in [6, 6.07) is 9.35. The maximum atomic E-state index is 12.1. The molecule has 8 heteroatoms. The first-order valence-electron chi connectivity index (χ1n) is 8.27. The van der Waals surface area contributed by atoms with Gasteiger partial charge in [0.1, 0.15) is 0 Å². The Balaban J connectivity index is 2.02. The van der Waals surface area contributed by atoms with Gasteiger partial charge in [-0.05, 0) is 50.1 Å². The van der Waals surface area contributed by atoms with Gasteiger partial charge in [-0.1, -0.05) is 12.1 Å². The minimum Gasteiger partial charge on any atom is -0.487 e. The van der Waals surface area contributed by atoms with Crippen molar-refractivity contribution in [3.63, 3.8) is 0 Å². The maximum Gasteiger partial charge on any atom is 0.338 e. The van der Waals surface area contributed by atoms with Crippen LogP contribution in [0.15, 0.2) is 36.4 Å². The van der Waals surface area contributed by atoms with Gasteiger partial charge in [-0.15, -0.1) is 0 Å². The Bertz CT molecular complexity index is 878. The molecule has 27 heavy (non-hydrogen) atoms. The average molecular weight is 372 g/mol. The summed E-state index contributed by atoms with van der Waals surface area (Å²) in [4.78, 5) is 34.6. The van der Waals surface area contributed by atoms with Crippen LogP contribution in [0.5, 0.6) is 5.75 Å². The van der Waals surface area contributed by atoms with Crippen molar-refractivity contribution in [2.24, 2.45) is 0 Å². The van der Waals surface area contributed by atoms with Crippen LogP contribution in [0.1, 0.15) is 28.4 Å². The number of hydrogen-bond donors (Lipinski definition) is 1. The molecule has 0 atom stereocenters.